The molecule has 1 heterocycles. The zero-order chi connectivity index (χ0) is 13.0. The minimum absolute atomic E-state index is 0.0699. The van der Waals surface area contributed by atoms with E-state index >= 15 is 0 Å². The Kier molecular flexibility index (Phi) is 4.41. The smallest absolute Gasteiger partial charge is 0.129 e. The van der Waals surface area contributed by atoms with E-state index in [0.29, 0.717) is 12.0 Å². The average molecular weight is 268 g/mol. The van der Waals surface area contributed by atoms with E-state index in [2.05, 4.69) is 5.43 Å². The Morgan fingerprint density at radius 2 is 2.06 bits per heavy atom. The molecular formula is C13H14F2N2S. The van der Waals surface area contributed by atoms with E-state index in [-0.39, 0.29) is 6.04 Å². The molecule has 0 aliphatic rings. The summed E-state index contributed by atoms with van der Waals surface area (Å²) in [6.45, 7) is 0. The number of nitrogens with two attached hydrogens (primary N) is 1. The first-order valence-electron chi connectivity index (χ1n) is 5.60. The highest BCUT2D eigenvalue weighted by atomic mass is 32.1. The van der Waals surface area contributed by atoms with Gasteiger partial charge in [0, 0.05) is 12.1 Å². The van der Waals surface area contributed by atoms with E-state index in [1.54, 1.807) is 11.3 Å². The van der Waals surface area contributed by atoms with Gasteiger partial charge in [-0.15, -0.1) is 0 Å². The summed E-state index contributed by atoms with van der Waals surface area (Å²) in [6.07, 6.45) is 1.15. The lowest BCUT2D eigenvalue weighted by Crippen LogP contribution is -2.38. The Morgan fingerprint density at radius 1 is 1.22 bits per heavy atom. The summed E-state index contributed by atoms with van der Waals surface area (Å²) in [5.74, 6) is 4.38. The molecule has 0 aliphatic heterocycles. The summed E-state index contributed by atoms with van der Waals surface area (Å²) in [6, 6.07) is 5.56. The zero-order valence-corrected chi connectivity index (χ0v) is 10.5. The van der Waals surface area contributed by atoms with Gasteiger partial charge in [0.15, 0.2) is 0 Å². The molecular weight excluding hydrogens is 254 g/mol. The molecule has 0 saturated heterocycles. The molecule has 0 aliphatic carbocycles. The second-order valence-corrected chi connectivity index (χ2v) is 4.92. The molecule has 2 nitrogen and oxygen atoms in total. The molecule has 0 spiro atoms. The molecule has 2 aromatic rings. The van der Waals surface area contributed by atoms with Crippen LogP contribution in [-0.2, 0) is 12.8 Å². The quantitative estimate of drug-likeness (QED) is 0.646. The van der Waals surface area contributed by atoms with Crippen molar-refractivity contribution in [1.29, 1.82) is 0 Å². The molecule has 1 aromatic carbocycles. The molecule has 0 radical (unpaired) electrons. The first-order chi connectivity index (χ1) is 8.69. The van der Waals surface area contributed by atoms with E-state index in [4.69, 9.17) is 5.84 Å². The fourth-order valence-electron chi connectivity index (χ4n) is 1.84. The van der Waals surface area contributed by atoms with Gasteiger partial charge in [0.2, 0.25) is 0 Å². The van der Waals surface area contributed by atoms with Crippen LogP contribution in [0.15, 0.2) is 35.0 Å². The zero-order valence-electron chi connectivity index (χ0n) is 9.70. The highest BCUT2D eigenvalue weighted by Gasteiger charge is 2.12. The van der Waals surface area contributed by atoms with E-state index < -0.39 is 11.6 Å². The van der Waals surface area contributed by atoms with Gasteiger partial charge in [0.1, 0.15) is 11.6 Å². The molecule has 0 fully saturated rings. The van der Waals surface area contributed by atoms with Crippen LogP contribution in [0.25, 0.3) is 0 Å². The topological polar surface area (TPSA) is 38.0 Å². The Balaban J connectivity index is 2.05. The number of halogens is 2. The van der Waals surface area contributed by atoms with Crippen LogP contribution in [-0.4, -0.2) is 6.04 Å². The summed E-state index contributed by atoms with van der Waals surface area (Å²) in [5.41, 5.74) is 4.30. The second-order valence-electron chi connectivity index (χ2n) is 4.14. The van der Waals surface area contributed by atoms with Crippen molar-refractivity contribution in [2.45, 2.75) is 18.9 Å². The monoisotopic (exact) mass is 268 g/mol. The second kappa shape index (κ2) is 6.04. The Labute approximate surface area is 108 Å². The SMILES string of the molecule is NNC(Cc1ccsc1)Cc1ccc(F)cc1F. The minimum Gasteiger partial charge on any atom is -0.271 e. The molecule has 0 bridgehead atoms. The maximum Gasteiger partial charge on any atom is 0.129 e. The highest BCUT2D eigenvalue weighted by molar-refractivity contribution is 7.07. The fraction of sp³-hybridized carbons (Fsp3) is 0.231. The Hall–Kier alpha value is -1.30. The van der Waals surface area contributed by atoms with Crippen LogP contribution < -0.4 is 11.3 Å². The number of nitrogens with one attached hydrogen (secondary N) is 1. The Bertz CT molecular complexity index is 500. The predicted molar refractivity (Wildman–Crippen MR) is 69.2 cm³/mol. The van der Waals surface area contributed by atoms with Gasteiger partial charge >= 0.3 is 0 Å². The normalized spacial score (nSPS) is 12.6. The van der Waals surface area contributed by atoms with Crippen LogP contribution in [0.3, 0.4) is 0 Å². The molecule has 0 amide bonds. The van der Waals surface area contributed by atoms with Crippen LogP contribution >= 0.6 is 11.3 Å². The van der Waals surface area contributed by atoms with Crippen molar-refractivity contribution in [3.63, 3.8) is 0 Å². The van der Waals surface area contributed by atoms with Crippen LogP contribution in [0.2, 0.25) is 0 Å². The number of hydrogen-bond acceptors (Lipinski definition) is 3. The summed E-state index contributed by atoms with van der Waals surface area (Å²) in [5, 5.41) is 4.02. The van der Waals surface area contributed by atoms with Gasteiger partial charge < -0.3 is 0 Å². The van der Waals surface area contributed by atoms with Crippen LogP contribution in [0.5, 0.6) is 0 Å². The van der Waals surface area contributed by atoms with Gasteiger partial charge in [0.05, 0.1) is 0 Å². The highest BCUT2D eigenvalue weighted by Crippen LogP contribution is 2.15. The summed E-state index contributed by atoms with van der Waals surface area (Å²) < 4.78 is 26.3. The van der Waals surface area contributed by atoms with Crippen molar-refractivity contribution < 1.29 is 8.78 Å². The molecule has 0 saturated carbocycles. The van der Waals surface area contributed by atoms with Crippen LogP contribution in [0.1, 0.15) is 11.1 Å². The number of benzene rings is 1. The van der Waals surface area contributed by atoms with Crippen molar-refractivity contribution in [2.75, 3.05) is 0 Å². The van der Waals surface area contributed by atoms with Gasteiger partial charge in [-0.05, 0) is 46.9 Å². The molecule has 18 heavy (non-hydrogen) atoms. The van der Waals surface area contributed by atoms with Crippen molar-refractivity contribution in [3.8, 4) is 0 Å². The lowest BCUT2D eigenvalue weighted by molar-refractivity contribution is 0.502. The lowest BCUT2D eigenvalue weighted by atomic mass is 10.0. The Morgan fingerprint density at radius 3 is 2.67 bits per heavy atom. The fourth-order valence-corrected chi connectivity index (χ4v) is 2.52. The van der Waals surface area contributed by atoms with Gasteiger partial charge in [-0.25, -0.2) is 8.78 Å². The maximum atomic E-state index is 13.5. The number of hydrazine groups is 1. The average Bonchev–Trinajstić information content (AvgIpc) is 2.84. The number of rotatable bonds is 5. The van der Waals surface area contributed by atoms with E-state index in [1.165, 1.54) is 12.1 Å². The number of hydrogen-bond donors (Lipinski definition) is 2. The lowest BCUT2D eigenvalue weighted by Gasteiger charge is -2.15. The van der Waals surface area contributed by atoms with Gasteiger partial charge in [0.25, 0.3) is 0 Å². The van der Waals surface area contributed by atoms with Gasteiger partial charge in [-0.1, -0.05) is 6.07 Å². The maximum absolute atomic E-state index is 13.5. The third kappa shape index (κ3) is 3.35. The standard InChI is InChI=1S/C13H14F2N2S/c14-11-2-1-10(13(15)7-11)6-12(17-16)5-9-3-4-18-8-9/h1-4,7-8,12,17H,5-6,16H2. The predicted octanol–water partition coefficient (Wildman–Crippen LogP) is 2.64. The van der Waals surface area contributed by atoms with Crippen molar-refractivity contribution in [2.24, 2.45) is 5.84 Å². The number of thiophene rings is 1. The largest absolute Gasteiger partial charge is 0.271 e. The molecule has 1 aromatic heterocycles. The van der Waals surface area contributed by atoms with Crippen molar-refractivity contribution in [3.05, 3.63) is 57.8 Å². The minimum atomic E-state index is -0.564. The molecule has 1 atom stereocenters. The molecule has 3 N–H and O–H groups in total. The van der Waals surface area contributed by atoms with E-state index in [1.807, 2.05) is 16.8 Å². The molecule has 5 heteroatoms. The van der Waals surface area contributed by atoms with E-state index in [9.17, 15) is 8.78 Å². The summed E-state index contributed by atoms with van der Waals surface area (Å²) in [7, 11) is 0. The first-order valence-corrected chi connectivity index (χ1v) is 6.54. The summed E-state index contributed by atoms with van der Waals surface area (Å²) in [4.78, 5) is 0. The van der Waals surface area contributed by atoms with Crippen LogP contribution in [0.4, 0.5) is 8.78 Å². The molecule has 96 valence electrons. The van der Waals surface area contributed by atoms with E-state index in [0.717, 1.165) is 18.1 Å². The first kappa shape index (κ1) is 13.1. The van der Waals surface area contributed by atoms with Gasteiger partial charge in [-0.3, -0.25) is 11.3 Å². The third-order valence-electron chi connectivity index (χ3n) is 2.78. The summed E-state index contributed by atoms with van der Waals surface area (Å²) >= 11 is 1.61. The molecule has 2 rings (SSSR count). The van der Waals surface area contributed by atoms with Crippen LogP contribution in [0, 0.1) is 11.6 Å². The third-order valence-corrected chi connectivity index (χ3v) is 3.51. The van der Waals surface area contributed by atoms with Crippen molar-refractivity contribution >= 4 is 11.3 Å². The van der Waals surface area contributed by atoms with Gasteiger partial charge in [-0.2, -0.15) is 11.3 Å². The van der Waals surface area contributed by atoms with Crippen molar-refractivity contribution in [1.82, 2.24) is 5.43 Å². The molecule has 1 unspecified atom stereocenters.